The van der Waals surface area contributed by atoms with Gasteiger partial charge in [-0.3, -0.25) is 0 Å². The topological polar surface area (TPSA) is 44.8 Å². The van der Waals surface area contributed by atoms with Crippen LogP contribution in [0.25, 0.3) is 0 Å². The van der Waals surface area contributed by atoms with Crippen LogP contribution >= 0.6 is 0 Å². The van der Waals surface area contributed by atoms with Crippen LogP contribution in [0.1, 0.15) is 11.1 Å². The number of methoxy groups -OCH3 is 1. The molecule has 0 aromatic heterocycles. The van der Waals surface area contributed by atoms with Gasteiger partial charge in [-0.15, -0.1) is 0 Å². The first-order chi connectivity index (χ1) is 10.2. The third-order valence-electron chi connectivity index (χ3n) is 3.25. The van der Waals surface area contributed by atoms with Crippen LogP contribution in [0.15, 0.2) is 42.5 Å². The van der Waals surface area contributed by atoms with Gasteiger partial charge in [-0.1, -0.05) is 30.3 Å². The summed E-state index contributed by atoms with van der Waals surface area (Å²) in [7, 11) is 1.22. The fourth-order valence-corrected chi connectivity index (χ4v) is 2.23. The van der Waals surface area contributed by atoms with Crippen molar-refractivity contribution in [2.24, 2.45) is 0 Å². The second-order valence-electron chi connectivity index (χ2n) is 4.60. The SMILES string of the molecule is COC(=O)C1Oc2ccccc2Cc2cccc(F)c2O1. The van der Waals surface area contributed by atoms with Gasteiger partial charge in [0.05, 0.1) is 7.11 Å². The normalized spacial score (nSPS) is 16.4. The number of benzene rings is 2. The number of hydrogen-bond donors (Lipinski definition) is 0. The first kappa shape index (κ1) is 13.4. The van der Waals surface area contributed by atoms with E-state index in [-0.39, 0.29) is 5.75 Å². The first-order valence-corrected chi connectivity index (χ1v) is 6.45. The van der Waals surface area contributed by atoms with E-state index in [1.165, 1.54) is 13.2 Å². The van der Waals surface area contributed by atoms with Gasteiger partial charge in [0.2, 0.25) is 0 Å². The summed E-state index contributed by atoms with van der Waals surface area (Å²) in [6.45, 7) is 0. The minimum Gasteiger partial charge on any atom is -0.463 e. The van der Waals surface area contributed by atoms with Crippen molar-refractivity contribution < 1.29 is 23.4 Å². The zero-order valence-corrected chi connectivity index (χ0v) is 11.3. The molecule has 0 fully saturated rings. The van der Waals surface area contributed by atoms with Gasteiger partial charge in [-0.05, 0) is 17.7 Å². The van der Waals surface area contributed by atoms with Crippen LogP contribution in [-0.4, -0.2) is 19.4 Å². The van der Waals surface area contributed by atoms with E-state index >= 15 is 0 Å². The summed E-state index contributed by atoms with van der Waals surface area (Å²) < 4.78 is 29.6. The highest BCUT2D eigenvalue weighted by Gasteiger charge is 2.29. The minimum atomic E-state index is -1.34. The zero-order valence-electron chi connectivity index (χ0n) is 11.3. The molecule has 0 aliphatic carbocycles. The molecule has 108 valence electrons. The molecule has 0 N–H and O–H groups in total. The van der Waals surface area contributed by atoms with Crippen LogP contribution in [0.5, 0.6) is 11.5 Å². The average Bonchev–Trinajstić information content (AvgIpc) is 2.48. The fourth-order valence-electron chi connectivity index (χ4n) is 2.23. The lowest BCUT2D eigenvalue weighted by molar-refractivity contribution is -0.162. The lowest BCUT2D eigenvalue weighted by atomic mass is 10.0. The lowest BCUT2D eigenvalue weighted by Gasteiger charge is -2.24. The minimum absolute atomic E-state index is 0.0161. The van der Waals surface area contributed by atoms with Gasteiger partial charge >= 0.3 is 12.3 Å². The third kappa shape index (κ3) is 2.54. The molecule has 0 saturated carbocycles. The predicted molar refractivity (Wildman–Crippen MR) is 72.7 cm³/mol. The molecule has 21 heavy (non-hydrogen) atoms. The van der Waals surface area contributed by atoms with Gasteiger partial charge < -0.3 is 14.2 Å². The number of carbonyl (C=O) groups excluding carboxylic acids is 1. The molecule has 3 rings (SSSR count). The number of fused-ring (bicyclic) bond motifs is 2. The highest BCUT2D eigenvalue weighted by molar-refractivity contribution is 5.74. The van der Waals surface area contributed by atoms with E-state index < -0.39 is 18.1 Å². The molecule has 2 aromatic rings. The average molecular weight is 288 g/mol. The molecular weight excluding hydrogens is 275 g/mol. The molecule has 1 unspecified atom stereocenters. The molecule has 1 heterocycles. The van der Waals surface area contributed by atoms with E-state index in [2.05, 4.69) is 4.74 Å². The summed E-state index contributed by atoms with van der Waals surface area (Å²) >= 11 is 0. The maximum absolute atomic E-state index is 14.0. The summed E-state index contributed by atoms with van der Waals surface area (Å²) in [4.78, 5) is 11.8. The van der Waals surface area contributed by atoms with Crippen molar-refractivity contribution in [2.75, 3.05) is 7.11 Å². The Balaban J connectivity index is 2.11. The van der Waals surface area contributed by atoms with Gasteiger partial charge in [0.15, 0.2) is 11.6 Å². The van der Waals surface area contributed by atoms with Crippen molar-refractivity contribution in [2.45, 2.75) is 12.7 Å². The van der Waals surface area contributed by atoms with Crippen LogP contribution in [0.3, 0.4) is 0 Å². The van der Waals surface area contributed by atoms with Crippen molar-refractivity contribution in [3.63, 3.8) is 0 Å². The number of esters is 1. The summed E-state index contributed by atoms with van der Waals surface area (Å²) in [5.74, 6) is -0.726. The molecule has 1 aliphatic heterocycles. The number of rotatable bonds is 1. The van der Waals surface area contributed by atoms with E-state index in [4.69, 9.17) is 9.47 Å². The van der Waals surface area contributed by atoms with Crippen molar-refractivity contribution in [1.82, 2.24) is 0 Å². The standard InChI is InChI=1S/C16H13FO4/c1-19-15(18)16-20-13-8-3-2-5-10(13)9-11-6-4-7-12(17)14(11)21-16/h2-8,16H,9H2,1H3. The van der Waals surface area contributed by atoms with E-state index in [0.717, 1.165) is 5.56 Å². The largest absolute Gasteiger partial charge is 0.463 e. The highest BCUT2D eigenvalue weighted by Crippen LogP contribution is 2.32. The van der Waals surface area contributed by atoms with Crippen molar-refractivity contribution in [1.29, 1.82) is 0 Å². The Hall–Kier alpha value is -2.56. The quantitative estimate of drug-likeness (QED) is 0.757. The number of para-hydroxylation sites is 2. The molecule has 1 aliphatic rings. The first-order valence-electron chi connectivity index (χ1n) is 6.45. The summed E-state index contributed by atoms with van der Waals surface area (Å²) in [6, 6.07) is 11.9. The molecule has 0 amide bonds. The Morgan fingerprint density at radius 1 is 1.14 bits per heavy atom. The predicted octanol–water partition coefficient (Wildman–Crippen LogP) is 2.69. The maximum Gasteiger partial charge on any atom is 0.389 e. The molecule has 0 saturated heterocycles. The van der Waals surface area contributed by atoms with Crippen molar-refractivity contribution in [3.05, 3.63) is 59.4 Å². The van der Waals surface area contributed by atoms with E-state index in [1.807, 2.05) is 12.1 Å². The smallest absolute Gasteiger partial charge is 0.389 e. The summed E-state index contributed by atoms with van der Waals surface area (Å²) in [6.07, 6.45) is -0.885. The van der Waals surface area contributed by atoms with E-state index in [1.54, 1.807) is 24.3 Å². The number of halogens is 1. The fraction of sp³-hybridized carbons (Fsp3) is 0.188. The Labute approximate surface area is 121 Å². The Morgan fingerprint density at radius 3 is 2.71 bits per heavy atom. The Kier molecular flexibility index (Phi) is 3.48. The molecule has 1 atom stereocenters. The monoisotopic (exact) mass is 288 g/mol. The van der Waals surface area contributed by atoms with Gasteiger partial charge in [0, 0.05) is 12.0 Å². The molecular formula is C16H13FO4. The highest BCUT2D eigenvalue weighted by atomic mass is 19.1. The molecule has 4 nitrogen and oxygen atoms in total. The molecule has 0 radical (unpaired) electrons. The molecule has 0 bridgehead atoms. The van der Waals surface area contributed by atoms with Crippen LogP contribution in [-0.2, 0) is 16.0 Å². The third-order valence-corrected chi connectivity index (χ3v) is 3.25. The van der Waals surface area contributed by atoms with Gasteiger partial charge in [0.1, 0.15) is 5.75 Å². The van der Waals surface area contributed by atoms with Crippen LogP contribution in [0.4, 0.5) is 4.39 Å². The zero-order chi connectivity index (χ0) is 14.8. The van der Waals surface area contributed by atoms with Crippen LogP contribution < -0.4 is 9.47 Å². The maximum atomic E-state index is 14.0. The van der Waals surface area contributed by atoms with Crippen LogP contribution in [0, 0.1) is 5.82 Å². The second kappa shape index (κ2) is 5.44. The van der Waals surface area contributed by atoms with Gasteiger partial charge in [-0.25, -0.2) is 9.18 Å². The second-order valence-corrected chi connectivity index (χ2v) is 4.60. The number of carbonyl (C=O) groups is 1. The summed E-state index contributed by atoms with van der Waals surface area (Å²) in [5.41, 5.74) is 1.50. The van der Waals surface area contributed by atoms with E-state index in [0.29, 0.717) is 17.7 Å². The summed E-state index contributed by atoms with van der Waals surface area (Å²) in [5, 5.41) is 0. The van der Waals surface area contributed by atoms with Crippen molar-refractivity contribution in [3.8, 4) is 11.5 Å². The molecule has 5 heteroatoms. The Bertz CT molecular complexity index is 684. The molecule has 2 aromatic carbocycles. The van der Waals surface area contributed by atoms with Gasteiger partial charge in [-0.2, -0.15) is 0 Å². The number of ether oxygens (including phenoxy) is 3. The van der Waals surface area contributed by atoms with Gasteiger partial charge in [0.25, 0.3) is 0 Å². The van der Waals surface area contributed by atoms with E-state index in [9.17, 15) is 9.18 Å². The van der Waals surface area contributed by atoms with Crippen molar-refractivity contribution >= 4 is 5.97 Å². The Morgan fingerprint density at radius 2 is 1.90 bits per heavy atom. The number of hydrogen-bond acceptors (Lipinski definition) is 4. The molecule has 0 spiro atoms. The van der Waals surface area contributed by atoms with Crippen LogP contribution in [0.2, 0.25) is 0 Å². The lowest BCUT2D eigenvalue weighted by Crippen LogP contribution is -2.36.